The highest BCUT2D eigenvalue weighted by Crippen LogP contribution is 2.20. The molecule has 15 heavy (non-hydrogen) atoms. The van der Waals surface area contributed by atoms with Crippen LogP contribution < -0.4 is 0 Å². The van der Waals surface area contributed by atoms with E-state index in [9.17, 15) is 4.79 Å². The van der Waals surface area contributed by atoms with Crippen LogP contribution in [-0.2, 0) is 9.53 Å². The van der Waals surface area contributed by atoms with Gasteiger partial charge in [0.15, 0.2) is 0 Å². The van der Waals surface area contributed by atoms with E-state index in [2.05, 4.69) is 20.1 Å². The second-order valence-electron chi connectivity index (χ2n) is 4.49. The third-order valence-corrected chi connectivity index (χ3v) is 2.38. The Balaban J connectivity index is 3.87. The highest BCUT2D eigenvalue weighted by atomic mass is 16.6. The van der Waals surface area contributed by atoms with E-state index in [1.165, 1.54) is 6.08 Å². The van der Waals surface area contributed by atoms with Crippen molar-refractivity contribution in [2.24, 2.45) is 5.92 Å². The minimum atomic E-state index is -0.397. The van der Waals surface area contributed by atoms with Gasteiger partial charge in [0.05, 0.1) is 0 Å². The predicted octanol–water partition coefficient (Wildman–Crippen LogP) is 3.49. The number of rotatable bonds is 7. The number of carbonyl (C=O) groups is 1. The summed E-state index contributed by atoms with van der Waals surface area (Å²) in [5.74, 6) is 0.174. The summed E-state index contributed by atoms with van der Waals surface area (Å²) in [5, 5.41) is 0. The monoisotopic (exact) mass is 210 g/mol. The van der Waals surface area contributed by atoms with Crippen LogP contribution in [0.5, 0.6) is 0 Å². The maximum Gasteiger partial charge on any atom is 0.330 e. The molecule has 86 valence electrons. The Hall–Kier alpha value is -1.05. The van der Waals surface area contributed by atoms with E-state index >= 15 is 0 Å². The van der Waals surface area contributed by atoms with Gasteiger partial charge < -0.3 is 4.74 Å². The van der Waals surface area contributed by atoms with Crippen molar-refractivity contribution in [1.29, 1.82) is 0 Å². The molecular formula is C13H22O2. The summed E-state index contributed by atoms with van der Waals surface area (Å²) in [4.78, 5) is 11.0. The first kappa shape index (κ1) is 13.9. The Morgan fingerprint density at radius 2 is 2.07 bits per heavy atom. The van der Waals surface area contributed by atoms with Gasteiger partial charge in [-0.15, -0.1) is 6.58 Å². The maximum atomic E-state index is 11.0. The molecule has 0 aliphatic heterocycles. The van der Waals surface area contributed by atoms with Gasteiger partial charge >= 0.3 is 5.97 Å². The molecule has 2 nitrogen and oxygen atoms in total. The number of carbonyl (C=O) groups excluding carboxylic acids is 1. The van der Waals surface area contributed by atoms with Gasteiger partial charge in [-0.05, 0) is 39.0 Å². The van der Waals surface area contributed by atoms with Crippen molar-refractivity contribution in [3.05, 3.63) is 25.3 Å². The molecule has 0 saturated heterocycles. The Labute approximate surface area is 93.0 Å². The molecule has 1 unspecified atom stereocenters. The van der Waals surface area contributed by atoms with E-state index in [0.717, 1.165) is 19.3 Å². The lowest BCUT2D eigenvalue weighted by molar-refractivity contribution is -0.150. The fourth-order valence-electron chi connectivity index (χ4n) is 1.33. The van der Waals surface area contributed by atoms with Crippen LogP contribution in [0, 0.1) is 5.92 Å². The fraction of sp³-hybridized carbons (Fsp3) is 0.615. The topological polar surface area (TPSA) is 26.3 Å². The van der Waals surface area contributed by atoms with E-state index in [1.807, 2.05) is 19.9 Å². The molecule has 0 radical (unpaired) electrons. The van der Waals surface area contributed by atoms with Crippen LogP contribution in [-0.4, -0.2) is 11.6 Å². The second kappa shape index (κ2) is 6.44. The lowest BCUT2D eigenvalue weighted by atomic mass is 9.97. The third-order valence-electron chi connectivity index (χ3n) is 2.38. The Morgan fingerprint density at radius 1 is 1.47 bits per heavy atom. The largest absolute Gasteiger partial charge is 0.457 e. The van der Waals surface area contributed by atoms with Crippen LogP contribution in [0.4, 0.5) is 0 Å². The van der Waals surface area contributed by atoms with Crippen LogP contribution in [0.1, 0.15) is 40.0 Å². The van der Waals surface area contributed by atoms with Crippen molar-refractivity contribution in [3.63, 3.8) is 0 Å². The van der Waals surface area contributed by atoms with Gasteiger partial charge in [0.1, 0.15) is 5.60 Å². The smallest absolute Gasteiger partial charge is 0.330 e. The second-order valence-corrected chi connectivity index (χ2v) is 4.49. The Morgan fingerprint density at radius 3 is 2.53 bits per heavy atom. The summed E-state index contributed by atoms with van der Waals surface area (Å²) in [6.07, 6.45) is 6.13. The molecule has 2 heteroatoms. The molecule has 0 aliphatic carbocycles. The average molecular weight is 210 g/mol. The fourth-order valence-corrected chi connectivity index (χ4v) is 1.33. The summed E-state index contributed by atoms with van der Waals surface area (Å²) in [6, 6.07) is 0. The van der Waals surface area contributed by atoms with Crippen molar-refractivity contribution < 1.29 is 9.53 Å². The average Bonchev–Trinajstić information content (AvgIpc) is 2.16. The highest BCUT2D eigenvalue weighted by molar-refractivity contribution is 5.81. The molecule has 0 amide bonds. The first-order valence-corrected chi connectivity index (χ1v) is 5.39. The molecule has 0 heterocycles. The number of allylic oxidation sites excluding steroid dienone is 1. The molecule has 0 fully saturated rings. The summed E-state index contributed by atoms with van der Waals surface area (Å²) >= 11 is 0. The molecule has 0 rings (SSSR count). The third kappa shape index (κ3) is 6.95. The molecule has 0 saturated carbocycles. The number of ether oxygens (including phenoxy) is 1. The zero-order valence-corrected chi connectivity index (χ0v) is 10.1. The number of hydrogen-bond donors (Lipinski definition) is 0. The molecule has 0 aromatic carbocycles. The highest BCUT2D eigenvalue weighted by Gasteiger charge is 2.21. The quantitative estimate of drug-likeness (QED) is 0.365. The molecule has 0 aromatic rings. The molecule has 1 atom stereocenters. The molecular weight excluding hydrogens is 188 g/mol. The summed E-state index contributed by atoms with van der Waals surface area (Å²) in [7, 11) is 0. The van der Waals surface area contributed by atoms with Gasteiger partial charge in [0.25, 0.3) is 0 Å². The van der Waals surface area contributed by atoms with Crippen molar-refractivity contribution >= 4 is 5.97 Å². The first-order chi connectivity index (χ1) is 6.91. The van der Waals surface area contributed by atoms with Crippen LogP contribution in [0.25, 0.3) is 0 Å². The zero-order valence-electron chi connectivity index (χ0n) is 10.1. The van der Waals surface area contributed by atoms with E-state index < -0.39 is 5.60 Å². The van der Waals surface area contributed by atoms with Gasteiger partial charge in [-0.25, -0.2) is 4.79 Å². The van der Waals surface area contributed by atoms with Crippen LogP contribution >= 0.6 is 0 Å². The lowest BCUT2D eigenvalue weighted by Crippen LogP contribution is -2.27. The van der Waals surface area contributed by atoms with Gasteiger partial charge in [-0.1, -0.05) is 19.6 Å². The van der Waals surface area contributed by atoms with Crippen LogP contribution in [0.15, 0.2) is 25.3 Å². The summed E-state index contributed by atoms with van der Waals surface area (Å²) < 4.78 is 5.22. The summed E-state index contributed by atoms with van der Waals surface area (Å²) in [6.45, 7) is 13.1. The molecule has 0 spiro atoms. The number of hydrogen-bond acceptors (Lipinski definition) is 2. The van der Waals surface area contributed by atoms with Crippen molar-refractivity contribution in [3.8, 4) is 0 Å². The van der Waals surface area contributed by atoms with E-state index in [4.69, 9.17) is 4.74 Å². The minimum Gasteiger partial charge on any atom is -0.457 e. The van der Waals surface area contributed by atoms with Crippen molar-refractivity contribution in [2.75, 3.05) is 0 Å². The minimum absolute atomic E-state index is 0.350. The normalized spacial score (nSPS) is 13.0. The standard InChI is InChI=1S/C13H22O2/c1-6-11(3)9-8-10-13(4,5)15-12(14)7-2/h6-7,11H,1-2,8-10H2,3-5H3. The Bertz CT molecular complexity index is 229. The van der Waals surface area contributed by atoms with Gasteiger partial charge in [0.2, 0.25) is 0 Å². The molecule has 0 bridgehead atoms. The van der Waals surface area contributed by atoms with Crippen molar-refractivity contribution in [2.45, 2.75) is 45.6 Å². The molecule has 0 N–H and O–H groups in total. The van der Waals surface area contributed by atoms with Crippen LogP contribution in [0.2, 0.25) is 0 Å². The van der Waals surface area contributed by atoms with Gasteiger partial charge in [0, 0.05) is 6.08 Å². The first-order valence-electron chi connectivity index (χ1n) is 5.39. The SMILES string of the molecule is C=CC(=O)OC(C)(C)CCCC(C)C=C. The maximum absolute atomic E-state index is 11.0. The predicted molar refractivity (Wildman–Crippen MR) is 63.6 cm³/mol. The van der Waals surface area contributed by atoms with E-state index in [0.29, 0.717) is 5.92 Å². The van der Waals surface area contributed by atoms with Crippen LogP contribution in [0.3, 0.4) is 0 Å². The lowest BCUT2D eigenvalue weighted by Gasteiger charge is -2.24. The van der Waals surface area contributed by atoms with Gasteiger partial charge in [-0.2, -0.15) is 0 Å². The van der Waals surface area contributed by atoms with Gasteiger partial charge in [-0.3, -0.25) is 0 Å². The Kier molecular flexibility index (Phi) is 5.99. The molecule has 0 aromatic heterocycles. The van der Waals surface area contributed by atoms with E-state index in [1.54, 1.807) is 0 Å². The van der Waals surface area contributed by atoms with E-state index in [-0.39, 0.29) is 5.97 Å². The van der Waals surface area contributed by atoms with Crippen molar-refractivity contribution in [1.82, 2.24) is 0 Å². The molecule has 0 aliphatic rings. The zero-order chi connectivity index (χ0) is 11.9. The number of esters is 1. The summed E-state index contributed by atoms with van der Waals surface area (Å²) in [5.41, 5.74) is -0.397.